The van der Waals surface area contributed by atoms with Crippen molar-refractivity contribution in [1.29, 1.82) is 0 Å². The molecule has 2 aromatic carbocycles. The minimum atomic E-state index is -0.371. The Morgan fingerprint density at radius 1 is 1.07 bits per heavy atom. The molecule has 2 aromatic rings. The van der Waals surface area contributed by atoms with Crippen LogP contribution < -0.4 is 0 Å². The third-order valence-electron chi connectivity index (χ3n) is 6.97. The van der Waals surface area contributed by atoms with Crippen molar-refractivity contribution in [2.45, 2.75) is 31.3 Å². The van der Waals surface area contributed by atoms with Crippen molar-refractivity contribution < 1.29 is 19.4 Å². The van der Waals surface area contributed by atoms with Gasteiger partial charge in [0, 0.05) is 37.6 Å². The van der Waals surface area contributed by atoms with Gasteiger partial charge in [0.05, 0.1) is 6.10 Å². The summed E-state index contributed by atoms with van der Waals surface area (Å²) in [5, 5.41) is 10.6. The molecule has 5 rings (SSSR count). The predicted molar refractivity (Wildman–Crippen MR) is 110 cm³/mol. The minimum absolute atomic E-state index is 0.0683. The Hall–Kier alpha value is -2.37. The lowest BCUT2D eigenvalue weighted by Gasteiger charge is -2.47. The van der Waals surface area contributed by atoms with E-state index >= 15 is 0 Å². The quantitative estimate of drug-likeness (QED) is 0.843. The first kappa shape index (κ1) is 18.6. The van der Waals surface area contributed by atoms with Gasteiger partial charge in [0.25, 0.3) is 0 Å². The van der Waals surface area contributed by atoms with Gasteiger partial charge in [-0.05, 0) is 41.5 Å². The Morgan fingerprint density at radius 3 is 2.34 bits per heavy atom. The molecule has 0 saturated carbocycles. The van der Waals surface area contributed by atoms with Gasteiger partial charge in [0.15, 0.2) is 0 Å². The molecule has 0 aromatic heterocycles. The second kappa shape index (κ2) is 7.47. The number of hydrogen-bond donors (Lipinski definition) is 1. The summed E-state index contributed by atoms with van der Waals surface area (Å²) in [5.74, 6) is 0.0683. The molecule has 3 aliphatic rings. The number of fused-ring (bicyclic) bond motifs is 3. The molecule has 0 radical (unpaired) electrons. The number of piperidine rings is 1. The molecule has 1 aliphatic carbocycles. The number of hydrogen-bond acceptors (Lipinski definition) is 4. The molecule has 2 fully saturated rings. The number of rotatable bonds is 2. The Labute approximate surface area is 171 Å². The summed E-state index contributed by atoms with van der Waals surface area (Å²) < 4.78 is 11.3. The van der Waals surface area contributed by atoms with Crippen LogP contribution in [0.3, 0.4) is 0 Å². The Bertz CT molecular complexity index is 860. The van der Waals surface area contributed by atoms with Gasteiger partial charge in [-0.15, -0.1) is 0 Å². The molecule has 1 unspecified atom stereocenters. The van der Waals surface area contributed by atoms with E-state index < -0.39 is 0 Å². The number of benzene rings is 2. The lowest BCUT2D eigenvalue weighted by atomic mass is 9.72. The number of likely N-dealkylation sites (tertiary alicyclic amines) is 1. The highest BCUT2D eigenvalue weighted by atomic mass is 16.6. The topological polar surface area (TPSA) is 59.0 Å². The van der Waals surface area contributed by atoms with Crippen molar-refractivity contribution in [3.63, 3.8) is 0 Å². The summed E-state index contributed by atoms with van der Waals surface area (Å²) >= 11 is 0. The number of aliphatic hydroxyl groups excluding tert-OH is 1. The van der Waals surface area contributed by atoms with E-state index in [0.717, 1.165) is 12.8 Å². The van der Waals surface area contributed by atoms with E-state index in [-0.39, 0.29) is 23.5 Å². The van der Waals surface area contributed by atoms with Crippen LogP contribution in [0, 0.1) is 5.41 Å². The fourth-order valence-corrected chi connectivity index (χ4v) is 5.26. The number of carbonyl (C=O) groups excluding carboxylic acids is 1. The van der Waals surface area contributed by atoms with Crippen LogP contribution in [-0.4, -0.2) is 55.1 Å². The number of nitrogens with zero attached hydrogens (tertiary/aromatic N) is 1. The van der Waals surface area contributed by atoms with Crippen LogP contribution in [0.4, 0.5) is 4.79 Å². The molecule has 152 valence electrons. The van der Waals surface area contributed by atoms with E-state index in [2.05, 4.69) is 36.4 Å². The molecular formula is C24H27NO4. The van der Waals surface area contributed by atoms with Gasteiger partial charge in [0.1, 0.15) is 6.61 Å². The van der Waals surface area contributed by atoms with Crippen LogP contribution >= 0.6 is 0 Å². The van der Waals surface area contributed by atoms with Crippen molar-refractivity contribution in [3.8, 4) is 11.1 Å². The zero-order valence-electron chi connectivity index (χ0n) is 16.5. The van der Waals surface area contributed by atoms with Crippen LogP contribution in [0.25, 0.3) is 11.1 Å². The minimum Gasteiger partial charge on any atom is -0.448 e. The molecule has 5 heteroatoms. The first-order chi connectivity index (χ1) is 14.2. The van der Waals surface area contributed by atoms with Crippen molar-refractivity contribution in [1.82, 2.24) is 4.90 Å². The van der Waals surface area contributed by atoms with Crippen molar-refractivity contribution in [3.05, 3.63) is 59.7 Å². The highest BCUT2D eigenvalue weighted by molar-refractivity contribution is 5.79. The van der Waals surface area contributed by atoms with Gasteiger partial charge >= 0.3 is 6.09 Å². The molecule has 2 saturated heterocycles. The van der Waals surface area contributed by atoms with Crippen LogP contribution in [0.5, 0.6) is 0 Å². The lowest BCUT2D eigenvalue weighted by Crippen LogP contribution is -2.55. The average molecular weight is 393 g/mol. The molecule has 1 amide bonds. The maximum atomic E-state index is 12.9. The zero-order chi connectivity index (χ0) is 19.8. The molecule has 0 bridgehead atoms. The Balaban J connectivity index is 1.30. The molecule has 1 atom stereocenters. The summed E-state index contributed by atoms with van der Waals surface area (Å²) in [5.41, 5.74) is 4.65. The second-order valence-electron chi connectivity index (χ2n) is 8.50. The number of aliphatic hydroxyl groups is 1. The summed E-state index contributed by atoms with van der Waals surface area (Å²) in [4.78, 5) is 14.7. The van der Waals surface area contributed by atoms with Crippen LogP contribution in [0.15, 0.2) is 48.5 Å². The number of ether oxygens (including phenoxy) is 2. The highest BCUT2D eigenvalue weighted by Crippen LogP contribution is 2.45. The maximum Gasteiger partial charge on any atom is 0.409 e. The zero-order valence-corrected chi connectivity index (χ0v) is 16.5. The van der Waals surface area contributed by atoms with Gasteiger partial charge in [-0.25, -0.2) is 4.79 Å². The van der Waals surface area contributed by atoms with Gasteiger partial charge in [0.2, 0.25) is 0 Å². The highest BCUT2D eigenvalue weighted by Gasteiger charge is 2.45. The Kier molecular flexibility index (Phi) is 4.80. The smallest absolute Gasteiger partial charge is 0.409 e. The second-order valence-corrected chi connectivity index (χ2v) is 8.50. The van der Waals surface area contributed by atoms with Crippen molar-refractivity contribution >= 4 is 6.09 Å². The van der Waals surface area contributed by atoms with E-state index in [1.54, 1.807) is 4.90 Å². The SMILES string of the molecule is O=C(OCC1c2ccccc2-c2ccccc21)N1CCC(O)C2(CCOCC2)C1. The number of amides is 1. The number of carbonyl (C=O) groups is 1. The largest absolute Gasteiger partial charge is 0.448 e. The first-order valence-electron chi connectivity index (χ1n) is 10.5. The van der Waals surface area contributed by atoms with Gasteiger partial charge in [-0.2, -0.15) is 0 Å². The van der Waals surface area contributed by atoms with E-state index in [1.807, 2.05) is 12.1 Å². The average Bonchev–Trinajstić information content (AvgIpc) is 3.09. The Morgan fingerprint density at radius 2 is 1.69 bits per heavy atom. The normalized spacial score (nSPS) is 22.9. The maximum absolute atomic E-state index is 12.9. The fraction of sp³-hybridized carbons (Fsp3) is 0.458. The van der Waals surface area contributed by atoms with Gasteiger partial charge in [-0.3, -0.25) is 0 Å². The summed E-state index contributed by atoms with van der Waals surface area (Å²) in [6.45, 7) is 2.72. The monoisotopic (exact) mass is 393 g/mol. The van der Waals surface area contributed by atoms with Crippen LogP contribution in [-0.2, 0) is 9.47 Å². The van der Waals surface area contributed by atoms with Crippen molar-refractivity contribution in [2.75, 3.05) is 32.9 Å². The lowest BCUT2D eigenvalue weighted by molar-refractivity contribution is -0.0996. The standard InChI is InChI=1S/C24H27NO4/c26-22-9-12-25(16-24(22)10-13-28-14-11-24)23(27)29-15-21-19-7-3-1-5-17(19)18-6-2-4-8-20(18)21/h1-8,21-22,26H,9-16H2. The molecule has 1 N–H and O–H groups in total. The van der Waals surface area contributed by atoms with Crippen LogP contribution in [0.1, 0.15) is 36.3 Å². The summed E-state index contributed by atoms with van der Waals surface area (Å²) in [6.07, 6.45) is 1.54. The first-order valence-corrected chi connectivity index (χ1v) is 10.5. The van der Waals surface area contributed by atoms with E-state index in [4.69, 9.17) is 9.47 Å². The summed E-state index contributed by atoms with van der Waals surface area (Å²) in [6, 6.07) is 16.7. The predicted octanol–water partition coefficient (Wildman–Crippen LogP) is 3.80. The molecule has 5 nitrogen and oxygen atoms in total. The van der Waals surface area contributed by atoms with Gasteiger partial charge < -0.3 is 19.5 Å². The third-order valence-corrected chi connectivity index (χ3v) is 6.97. The molecule has 1 spiro atoms. The van der Waals surface area contributed by atoms with E-state index in [1.165, 1.54) is 22.3 Å². The van der Waals surface area contributed by atoms with Crippen LogP contribution in [0.2, 0.25) is 0 Å². The van der Waals surface area contributed by atoms with E-state index in [0.29, 0.717) is 39.3 Å². The van der Waals surface area contributed by atoms with Crippen molar-refractivity contribution in [2.24, 2.45) is 5.41 Å². The summed E-state index contributed by atoms with van der Waals surface area (Å²) in [7, 11) is 0. The van der Waals surface area contributed by atoms with E-state index in [9.17, 15) is 9.90 Å². The molecular weight excluding hydrogens is 366 g/mol. The third kappa shape index (κ3) is 3.22. The molecule has 2 aliphatic heterocycles. The molecule has 2 heterocycles. The fourth-order valence-electron chi connectivity index (χ4n) is 5.26. The molecule has 29 heavy (non-hydrogen) atoms. The van der Waals surface area contributed by atoms with Gasteiger partial charge in [-0.1, -0.05) is 48.5 Å².